The average Bonchev–Trinajstić information content (AvgIpc) is 3.86. The van der Waals surface area contributed by atoms with Crippen LogP contribution in [0.15, 0.2) is 139 Å². The molecule has 0 saturated carbocycles. The molecule has 17 nitrogen and oxygen atoms in total. The van der Waals surface area contributed by atoms with Crippen molar-refractivity contribution < 1.29 is 70.1 Å². The number of carbonyl (C=O) groups is 4. The minimum Gasteiger partial charge on any atom is -0.457 e. The summed E-state index contributed by atoms with van der Waals surface area (Å²) in [6.07, 6.45) is 17.9. The standard InChI is InChI=1S/C57H82N2O15P2S/c1-16-28-67-75(64,68-29-17-2)36-52(61)71-48-27-26-41(8)33-42(9)34-45(12)49(72-53(62)37-76(65,69-30-18-3)70-31-19-4)35-40(7)22-20-25-51(60)74-55(44(11)24-21-23-43(10)54(66-15)46(48)13)47-38-77-56(59-47)50(32-39(5)6)73-57(63)58-14/h16-21,23-27,33-35,38-39,44-46,48-50,54-55H,1-4,22,28-32,36-37H2,5-15H3,(H,58,63)/b24-21+,25-20+,27-26+,40-35+,41-33-,42-34-,43-23+/t44-,45-,46-,48+,49+,50-,54+,55-/m0/s1. The Balaban J connectivity index is 2.87. The monoisotopic (exact) mass is 1130 g/mol. The third-order valence-corrected chi connectivity index (χ3v) is 15.8. The number of aromatic nitrogens is 1. The van der Waals surface area contributed by atoms with Crippen LogP contribution < -0.4 is 5.32 Å². The van der Waals surface area contributed by atoms with Crippen molar-refractivity contribution in [1.29, 1.82) is 0 Å². The van der Waals surface area contributed by atoms with Gasteiger partial charge in [0.05, 0.1) is 38.2 Å². The number of esters is 3. The summed E-state index contributed by atoms with van der Waals surface area (Å²) in [5.74, 6) is -3.62. The Labute approximate surface area is 461 Å². The summed E-state index contributed by atoms with van der Waals surface area (Å²) in [4.78, 5) is 58.3. The van der Waals surface area contributed by atoms with Crippen molar-refractivity contribution in [2.45, 2.75) is 106 Å². The van der Waals surface area contributed by atoms with Gasteiger partial charge in [-0.15, -0.1) is 37.7 Å². The van der Waals surface area contributed by atoms with Crippen LogP contribution in [0.2, 0.25) is 0 Å². The second-order valence-corrected chi connectivity index (χ2v) is 23.8. The Kier molecular flexibility index (Phi) is 31.1. The molecule has 1 aliphatic rings. The zero-order valence-electron chi connectivity index (χ0n) is 46.7. The van der Waals surface area contributed by atoms with E-state index in [1.54, 1.807) is 36.8 Å². The maximum atomic E-state index is 13.7. The number of allylic oxidation sites excluding steroid dienone is 8. The summed E-state index contributed by atoms with van der Waals surface area (Å²) in [6.45, 7) is 30.9. The second kappa shape index (κ2) is 35.3. The number of thiazole rings is 1. The lowest BCUT2D eigenvalue weighted by atomic mass is 9.91. The molecule has 1 aromatic heterocycles. The number of nitrogens with zero attached hydrogens (tertiary/aromatic N) is 1. The van der Waals surface area contributed by atoms with E-state index < -0.39 is 99.8 Å². The second-order valence-electron chi connectivity index (χ2n) is 18.8. The van der Waals surface area contributed by atoms with Gasteiger partial charge in [0.1, 0.15) is 29.5 Å². The van der Waals surface area contributed by atoms with E-state index in [1.807, 2.05) is 92.7 Å². The zero-order valence-corrected chi connectivity index (χ0v) is 49.3. The molecule has 0 fully saturated rings. The number of rotatable bonds is 24. The van der Waals surface area contributed by atoms with E-state index in [-0.39, 0.29) is 38.8 Å². The van der Waals surface area contributed by atoms with Crippen molar-refractivity contribution in [3.8, 4) is 0 Å². The molecular formula is C57H82N2O15P2S. The van der Waals surface area contributed by atoms with E-state index in [0.717, 1.165) is 22.3 Å². The normalized spacial score (nSPS) is 25.9. The number of carbonyl (C=O) groups excluding carboxylic acids is 4. The van der Waals surface area contributed by atoms with Crippen LogP contribution in [0.1, 0.15) is 98.1 Å². The molecule has 426 valence electrons. The van der Waals surface area contributed by atoms with E-state index in [9.17, 15) is 28.3 Å². The van der Waals surface area contributed by atoms with Crippen LogP contribution in [0, 0.1) is 23.7 Å². The zero-order chi connectivity index (χ0) is 57.7. The third kappa shape index (κ3) is 25.4. The molecule has 1 amide bonds. The quantitative estimate of drug-likeness (QED) is 0.0441. The van der Waals surface area contributed by atoms with Crippen molar-refractivity contribution >= 4 is 50.5 Å². The minimum absolute atomic E-state index is 0.130. The van der Waals surface area contributed by atoms with Gasteiger partial charge in [0.25, 0.3) is 0 Å². The summed E-state index contributed by atoms with van der Waals surface area (Å²) in [5.41, 5.74) is 3.48. The summed E-state index contributed by atoms with van der Waals surface area (Å²) >= 11 is 1.29. The molecule has 0 aromatic carbocycles. The first-order chi connectivity index (χ1) is 36.5. The first-order valence-electron chi connectivity index (χ1n) is 25.4. The van der Waals surface area contributed by atoms with Crippen molar-refractivity contribution in [2.24, 2.45) is 23.7 Å². The number of nitrogens with one attached hydrogen (secondary N) is 1. The molecule has 8 atom stereocenters. The van der Waals surface area contributed by atoms with Crippen molar-refractivity contribution in [1.82, 2.24) is 10.3 Å². The van der Waals surface area contributed by atoms with Gasteiger partial charge in [-0.2, -0.15) is 0 Å². The van der Waals surface area contributed by atoms with Gasteiger partial charge in [-0.05, 0) is 64.2 Å². The van der Waals surface area contributed by atoms with Gasteiger partial charge in [-0.1, -0.05) is 118 Å². The molecule has 20 heteroatoms. The van der Waals surface area contributed by atoms with Crippen LogP contribution in [-0.2, 0) is 65.3 Å². The highest BCUT2D eigenvalue weighted by atomic mass is 32.1. The Hall–Kier alpha value is -5.29. The van der Waals surface area contributed by atoms with Crippen molar-refractivity contribution in [2.75, 3.05) is 52.9 Å². The van der Waals surface area contributed by atoms with Crippen LogP contribution >= 0.6 is 26.5 Å². The van der Waals surface area contributed by atoms with Crippen LogP contribution in [0.25, 0.3) is 0 Å². The third-order valence-electron chi connectivity index (χ3n) is 11.4. The lowest BCUT2D eigenvalue weighted by molar-refractivity contribution is -0.148. The predicted molar refractivity (Wildman–Crippen MR) is 303 cm³/mol. The SMILES string of the molecule is C=CCOP(=O)(CC(=O)O[C@@H]1/C=C/C(C)=C\C(C)=C/[C@H](C)[C@H](OC(=O)CP(=O)(OCC=C)OCC=C)/C=C(\C)C/C=C/C(=O)O[C@H](c2csc([C@H](CC(C)C)OC(=O)NC)n2)[C@@H](C)/C=C/C=C(\C)[C@@H](OC)[C@H]1C)OCC=C. The Bertz CT molecular complexity index is 2440. The van der Waals surface area contributed by atoms with Crippen LogP contribution in [0.3, 0.4) is 0 Å². The Morgan fingerprint density at radius 2 is 1.38 bits per heavy atom. The summed E-state index contributed by atoms with van der Waals surface area (Å²) in [6, 6.07) is 0. The van der Waals surface area contributed by atoms with E-state index in [2.05, 4.69) is 31.6 Å². The van der Waals surface area contributed by atoms with E-state index in [4.69, 9.17) is 46.8 Å². The fourth-order valence-electron chi connectivity index (χ4n) is 7.69. The number of hydrogen-bond donors (Lipinski definition) is 1. The molecule has 2 rings (SSSR count). The molecule has 0 unspecified atom stereocenters. The molecule has 0 bridgehead atoms. The Morgan fingerprint density at radius 1 is 0.818 bits per heavy atom. The maximum Gasteiger partial charge on any atom is 0.407 e. The van der Waals surface area contributed by atoms with Gasteiger partial charge in [-0.3, -0.25) is 18.7 Å². The van der Waals surface area contributed by atoms with Gasteiger partial charge < -0.3 is 47.1 Å². The molecule has 0 aliphatic carbocycles. The number of ether oxygens (including phenoxy) is 5. The lowest BCUT2D eigenvalue weighted by Gasteiger charge is -2.29. The highest BCUT2D eigenvalue weighted by molar-refractivity contribution is 7.55. The minimum atomic E-state index is -3.98. The number of cyclic esters (lactones) is 1. The van der Waals surface area contributed by atoms with Crippen LogP contribution in [0.4, 0.5) is 4.79 Å². The molecule has 1 aliphatic heterocycles. The number of methoxy groups -OCH3 is 1. The van der Waals surface area contributed by atoms with Crippen molar-refractivity contribution in [3.05, 3.63) is 150 Å². The molecular weight excluding hydrogens is 1050 g/mol. The van der Waals surface area contributed by atoms with Gasteiger partial charge in [-0.25, -0.2) is 14.6 Å². The fourth-order valence-corrected chi connectivity index (χ4v) is 11.2. The largest absolute Gasteiger partial charge is 0.457 e. The fraction of sp³-hybridized carbons (Fsp3) is 0.491. The van der Waals surface area contributed by atoms with Crippen LogP contribution in [0.5, 0.6) is 0 Å². The molecule has 0 radical (unpaired) electrons. The highest BCUT2D eigenvalue weighted by Crippen LogP contribution is 2.49. The first-order valence-corrected chi connectivity index (χ1v) is 29.7. The van der Waals surface area contributed by atoms with Crippen molar-refractivity contribution in [3.63, 3.8) is 0 Å². The molecule has 0 spiro atoms. The lowest BCUT2D eigenvalue weighted by Crippen LogP contribution is -2.35. The van der Waals surface area contributed by atoms with E-state index in [0.29, 0.717) is 17.1 Å². The van der Waals surface area contributed by atoms with E-state index in [1.165, 1.54) is 48.8 Å². The molecule has 2 heterocycles. The summed E-state index contributed by atoms with van der Waals surface area (Å²) < 4.78 is 78.9. The molecule has 0 saturated heterocycles. The van der Waals surface area contributed by atoms with Gasteiger partial charge >= 0.3 is 39.2 Å². The predicted octanol–water partition coefficient (Wildman–Crippen LogP) is 13.0. The smallest absolute Gasteiger partial charge is 0.407 e. The summed E-state index contributed by atoms with van der Waals surface area (Å²) in [7, 11) is -4.93. The van der Waals surface area contributed by atoms with Gasteiger partial charge in [0.15, 0.2) is 12.2 Å². The number of amides is 1. The van der Waals surface area contributed by atoms with Crippen LogP contribution in [-0.4, -0.2) is 100 Å². The first kappa shape index (κ1) is 67.8. The number of hydrogen-bond acceptors (Lipinski definition) is 17. The van der Waals surface area contributed by atoms with Gasteiger partial charge in [0.2, 0.25) is 0 Å². The molecule has 1 N–H and O–H groups in total. The topological polar surface area (TPSA) is 210 Å². The average molecular weight is 1130 g/mol. The molecule has 77 heavy (non-hydrogen) atoms. The number of alkyl carbamates (subject to hydrolysis) is 1. The highest BCUT2D eigenvalue weighted by Gasteiger charge is 2.35. The molecule has 1 aromatic rings. The maximum absolute atomic E-state index is 13.7. The Morgan fingerprint density at radius 3 is 1.90 bits per heavy atom. The van der Waals surface area contributed by atoms with E-state index >= 15 is 0 Å². The summed E-state index contributed by atoms with van der Waals surface area (Å²) in [5, 5.41) is 4.82. The van der Waals surface area contributed by atoms with Gasteiger partial charge in [0, 0.05) is 43.4 Å².